The van der Waals surface area contributed by atoms with Crippen LogP contribution in [0.25, 0.3) is 16.0 Å². The van der Waals surface area contributed by atoms with Crippen LogP contribution in [-0.2, 0) is 4.79 Å². The highest BCUT2D eigenvalue weighted by Gasteiger charge is 2.48. The number of fused-ring (bicyclic) bond motifs is 1. The molecular formula is C17H18F3N5O. The number of rotatable bonds is 4. The van der Waals surface area contributed by atoms with Crippen LogP contribution in [0.4, 0.5) is 24.9 Å². The minimum absolute atomic E-state index is 0.0689. The fraction of sp³-hybridized carbons (Fsp3) is 0.529. The highest BCUT2D eigenvalue weighted by Crippen LogP contribution is 2.41. The van der Waals surface area contributed by atoms with E-state index in [-0.39, 0.29) is 17.8 Å². The highest BCUT2D eigenvalue weighted by molar-refractivity contribution is 5.91. The standard InChI is InChI=1S/C17H18F3N5O/c1-16(2,17(18,19)20)9-13(26)24-15-22-11-7-8-12(21-3)23-14(11)25(15)10-5-4-6-10/h7-8,10H,4-6,9H2,1-2H3,(H,22,24,26). The molecule has 1 saturated carbocycles. The van der Waals surface area contributed by atoms with Gasteiger partial charge in [0, 0.05) is 12.5 Å². The van der Waals surface area contributed by atoms with Crippen LogP contribution in [-0.4, -0.2) is 26.6 Å². The molecule has 0 radical (unpaired) electrons. The van der Waals surface area contributed by atoms with E-state index in [1.54, 1.807) is 10.6 Å². The van der Waals surface area contributed by atoms with E-state index < -0.39 is 23.9 Å². The van der Waals surface area contributed by atoms with Crippen LogP contribution >= 0.6 is 0 Å². The van der Waals surface area contributed by atoms with E-state index >= 15 is 0 Å². The number of nitrogens with one attached hydrogen (secondary N) is 1. The normalized spacial score (nSPS) is 15.5. The first-order valence-corrected chi connectivity index (χ1v) is 8.25. The van der Waals surface area contributed by atoms with E-state index in [4.69, 9.17) is 6.57 Å². The Bertz CT molecular complexity index is 890. The fourth-order valence-corrected chi connectivity index (χ4v) is 2.78. The van der Waals surface area contributed by atoms with Gasteiger partial charge in [-0.25, -0.2) is 4.98 Å². The van der Waals surface area contributed by atoms with Crippen LogP contribution in [0.3, 0.4) is 0 Å². The maximum absolute atomic E-state index is 13.0. The summed E-state index contributed by atoms with van der Waals surface area (Å²) in [6.07, 6.45) is -2.43. The molecule has 9 heteroatoms. The summed E-state index contributed by atoms with van der Waals surface area (Å²) in [5, 5.41) is 2.51. The lowest BCUT2D eigenvalue weighted by molar-refractivity contribution is -0.213. The molecule has 0 bridgehead atoms. The molecule has 0 unspecified atom stereocenters. The SMILES string of the molecule is [C-]#[N+]c1ccc2nc(NC(=O)CC(C)(C)C(F)(F)F)n(C3CCC3)c2n1. The number of carbonyl (C=O) groups is 1. The van der Waals surface area contributed by atoms with Gasteiger partial charge >= 0.3 is 6.18 Å². The van der Waals surface area contributed by atoms with Gasteiger partial charge in [0.15, 0.2) is 0 Å². The third-order valence-electron chi connectivity index (χ3n) is 4.70. The van der Waals surface area contributed by atoms with Gasteiger partial charge in [-0.2, -0.15) is 13.2 Å². The molecule has 1 amide bonds. The topological polar surface area (TPSA) is 64.2 Å². The summed E-state index contributed by atoms with van der Waals surface area (Å²) in [6, 6.07) is 3.21. The number of hydrogen-bond acceptors (Lipinski definition) is 3. The van der Waals surface area contributed by atoms with Crippen molar-refractivity contribution in [1.29, 1.82) is 0 Å². The van der Waals surface area contributed by atoms with Crippen LogP contribution in [0, 0.1) is 12.0 Å². The summed E-state index contributed by atoms with van der Waals surface area (Å²) < 4.78 is 40.8. The summed E-state index contributed by atoms with van der Waals surface area (Å²) in [5.74, 6) is -0.370. The lowest BCUT2D eigenvalue weighted by Gasteiger charge is -2.29. The molecule has 2 aromatic heterocycles. The third-order valence-corrected chi connectivity index (χ3v) is 4.70. The first-order valence-electron chi connectivity index (χ1n) is 8.25. The van der Waals surface area contributed by atoms with E-state index in [2.05, 4.69) is 20.1 Å². The number of alkyl halides is 3. The number of carbonyl (C=O) groups excluding carboxylic acids is 1. The zero-order valence-corrected chi connectivity index (χ0v) is 14.4. The van der Waals surface area contributed by atoms with Crippen molar-refractivity contribution in [3.8, 4) is 0 Å². The largest absolute Gasteiger partial charge is 0.394 e. The van der Waals surface area contributed by atoms with Crippen molar-refractivity contribution >= 4 is 28.8 Å². The third kappa shape index (κ3) is 3.23. The zero-order chi connectivity index (χ0) is 19.1. The predicted molar refractivity (Wildman–Crippen MR) is 89.8 cm³/mol. The number of anilines is 1. The van der Waals surface area contributed by atoms with Gasteiger partial charge in [-0.1, -0.05) is 25.4 Å². The average molecular weight is 365 g/mol. The highest BCUT2D eigenvalue weighted by atomic mass is 19.4. The van der Waals surface area contributed by atoms with E-state index in [1.165, 1.54) is 6.07 Å². The molecule has 3 rings (SSSR count). The van der Waals surface area contributed by atoms with Gasteiger partial charge in [0.1, 0.15) is 5.52 Å². The smallest absolute Gasteiger partial charge is 0.361 e. The van der Waals surface area contributed by atoms with E-state index in [9.17, 15) is 18.0 Å². The number of amides is 1. The van der Waals surface area contributed by atoms with Gasteiger partial charge in [0.25, 0.3) is 11.5 Å². The summed E-state index contributed by atoms with van der Waals surface area (Å²) in [4.78, 5) is 24.1. The number of aromatic nitrogens is 3. The molecule has 1 aliphatic rings. The molecule has 138 valence electrons. The maximum atomic E-state index is 13.0. The second kappa shape index (κ2) is 6.27. The van der Waals surface area contributed by atoms with Crippen molar-refractivity contribution in [2.75, 3.05) is 5.32 Å². The Kier molecular flexibility index (Phi) is 4.38. The van der Waals surface area contributed by atoms with Gasteiger partial charge < -0.3 is 4.85 Å². The van der Waals surface area contributed by atoms with Crippen LogP contribution < -0.4 is 5.32 Å². The Morgan fingerprint density at radius 3 is 2.58 bits per heavy atom. The molecule has 6 nitrogen and oxygen atoms in total. The Morgan fingerprint density at radius 2 is 2.04 bits per heavy atom. The number of pyridine rings is 1. The molecule has 0 atom stereocenters. The van der Waals surface area contributed by atoms with Crippen molar-refractivity contribution < 1.29 is 18.0 Å². The summed E-state index contributed by atoms with van der Waals surface area (Å²) in [6.45, 7) is 9.07. The van der Waals surface area contributed by atoms with Gasteiger partial charge in [0.05, 0.1) is 5.41 Å². The molecule has 1 N–H and O–H groups in total. The van der Waals surface area contributed by atoms with Crippen molar-refractivity contribution in [2.45, 2.75) is 51.7 Å². The lowest BCUT2D eigenvalue weighted by atomic mass is 9.88. The Labute approximate surface area is 148 Å². The molecular weight excluding hydrogens is 347 g/mol. The Balaban J connectivity index is 1.92. The minimum Gasteiger partial charge on any atom is -0.361 e. The lowest BCUT2D eigenvalue weighted by Crippen LogP contribution is -2.36. The van der Waals surface area contributed by atoms with E-state index in [1.807, 2.05) is 0 Å². The Morgan fingerprint density at radius 1 is 1.35 bits per heavy atom. The van der Waals surface area contributed by atoms with Gasteiger partial charge in [-0.3, -0.25) is 14.7 Å². The van der Waals surface area contributed by atoms with Gasteiger partial charge in [-0.05, 0) is 31.4 Å². The van der Waals surface area contributed by atoms with Crippen molar-refractivity contribution in [1.82, 2.24) is 14.5 Å². The minimum atomic E-state index is -4.48. The number of halogens is 3. The fourth-order valence-electron chi connectivity index (χ4n) is 2.78. The molecule has 0 aromatic carbocycles. The second-order valence-electron chi connectivity index (χ2n) is 7.12. The molecule has 0 aliphatic heterocycles. The quantitative estimate of drug-likeness (QED) is 0.804. The molecule has 1 aliphatic carbocycles. The molecule has 26 heavy (non-hydrogen) atoms. The summed E-state index contributed by atoms with van der Waals surface area (Å²) >= 11 is 0. The average Bonchev–Trinajstić information content (AvgIpc) is 2.81. The second-order valence-corrected chi connectivity index (χ2v) is 7.12. The van der Waals surface area contributed by atoms with Crippen LogP contribution in [0.5, 0.6) is 0 Å². The zero-order valence-electron chi connectivity index (χ0n) is 14.4. The van der Waals surface area contributed by atoms with Crippen molar-refractivity contribution in [2.24, 2.45) is 5.41 Å². The Hall–Kier alpha value is -2.63. The first kappa shape index (κ1) is 18.2. The number of hydrogen-bond donors (Lipinski definition) is 1. The molecule has 0 spiro atoms. The van der Waals surface area contributed by atoms with Crippen LogP contribution in [0.2, 0.25) is 0 Å². The molecule has 2 heterocycles. The number of imidazole rings is 1. The molecule has 1 fully saturated rings. The predicted octanol–water partition coefficient (Wildman–Crippen LogP) is 4.62. The summed E-state index contributed by atoms with van der Waals surface area (Å²) in [7, 11) is 0. The summed E-state index contributed by atoms with van der Waals surface area (Å²) in [5.41, 5.74) is -1.18. The van der Waals surface area contributed by atoms with Gasteiger partial charge in [-0.15, -0.1) is 0 Å². The van der Waals surface area contributed by atoms with Crippen LogP contribution in [0.15, 0.2) is 12.1 Å². The monoisotopic (exact) mass is 365 g/mol. The van der Waals surface area contributed by atoms with E-state index in [0.29, 0.717) is 11.2 Å². The molecule has 2 aromatic rings. The maximum Gasteiger partial charge on any atom is 0.394 e. The number of nitrogens with zero attached hydrogens (tertiary/aromatic N) is 4. The first-order chi connectivity index (χ1) is 12.1. The van der Waals surface area contributed by atoms with Crippen LogP contribution in [0.1, 0.15) is 45.6 Å². The van der Waals surface area contributed by atoms with Gasteiger partial charge in [0.2, 0.25) is 11.9 Å². The van der Waals surface area contributed by atoms with Crippen molar-refractivity contribution in [3.05, 3.63) is 23.5 Å². The van der Waals surface area contributed by atoms with Crippen molar-refractivity contribution in [3.63, 3.8) is 0 Å². The van der Waals surface area contributed by atoms with E-state index in [0.717, 1.165) is 33.1 Å². The molecule has 0 saturated heterocycles.